The van der Waals surface area contributed by atoms with Crippen molar-refractivity contribution in [3.8, 4) is 0 Å². The largest absolute Gasteiger partial charge is 0.381 e. The molecule has 1 aromatic rings. The van der Waals surface area contributed by atoms with Gasteiger partial charge in [-0.2, -0.15) is 0 Å². The first kappa shape index (κ1) is 14.5. The molecule has 108 valence electrons. The van der Waals surface area contributed by atoms with E-state index in [0.29, 0.717) is 6.04 Å². The van der Waals surface area contributed by atoms with Crippen LogP contribution in [0.3, 0.4) is 0 Å². The van der Waals surface area contributed by atoms with Gasteiger partial charge in [0.05, 0.1) is 5.60 Å². The third-order valence-corrected chi connectivity index (χ3v) is 4.31. The summed E-state index contributed by atoms with van der Waals surface area (Å²) in [6, 6.07) is 0.332. The van der Waals surface area contributed by atoms with Gasteiger partial charge in [0.1, 0.15) is 5.82 Å². The van der Waals surface area contributed by atoms with Crippen molar-refractivity contribution in [2.75, 3.05) is 27.4 Å². The summed E-state index contributed by atoms with van der Waals surface area (Å²) in [4.78, 5) is 4.39. The molecule has 5 nitrogen and oxygen atoms in total. The standard InChI is InChI=1S/C14H25N3O2/c1-15-12(4-5-13-16-8-9-17(13)2)14(18-3)6-10-19-11-7-14/h8-9,12,15H,4-7,10-11H2,1-3H3. The Hall–Kier alpha value is -0.910. The van der Waals surface area contributed by atoms with Crippen LogP contribution in [0.25, 0.3) is 0 Å². The van der Waals surface area contributed by atoms with Crippen molar-refractivity contribution in [1.82, 2.24) is 14.9 Å². The van der Waals surface area contributed by atoms with Gasteiger partial charge in [-0.3, -0.25) is 0 Å². The summed E-state index contributed by atoms with van der Waals surface area (Å²) in [5, 5.41) is 3.43. The molecule has 0 aromatic carbocycles. The zero-order chi connectivity index (χ0) is 13.7. The van der Waals surface area contributed by atoms with Gasteiger partial charge in [0.15, 0.2) is 0 Å². The molecule has 1 atom stereocenters. The molecule has 0 bridgehead atoms. The number of ether oxygens (including phenoxy) is 2. The van der Waals surface area contributed by atoms with Crippen LogP contribution >= 0.6 is 0 Å². The predicted molar refractivity (Wildman–Crippen MR) is 74.2 cm³/mol. The maximum atomic E-state index is 5.86. The van der Waals surface area contributed by atoms with Crippen molar-refractivity contribution in [2.45, 2.75) is 37.3 Å². The van der Waals surface area contributed by atoms with E-state index in [1.54, 1.807) is 0 Å². The van der Waals surface area contributed by atoms with E-state index in [1.165, 1.54) is 0 Å². The third kappa shape index (κ3) is 3.16. The van der Waals surface area contributed by atoms with Crippen LogP contribution in [-0.4, -0.2) is 48.6 Å². The first-order valence-electron chi connectivity index (χ1n) is 6.98. The summed E-state index contributed by atoms with van der Waals surface area (Å²) >= 11 is 0. The van der Waals surface area contributed by atoms with Gasteiger partial charge in [0.25, 0.3) is 0 Å². The quantitative estimate of drug-likeness (QED) is 0.839. The molecule has 1 saturated heterocycles. The fourth-order valence-electron chi connectivity index (χ4n) is 2.99. The fraction of sp³-hybridized carbons (Fsp3) is 0.786. The molecule has 1 unspecified atom stereocenters. The van der Waals surface area contributed by atoms with Crippen LogP contribution in [0.2, 0.25) is 0 Å². The zero-order valence-corrected chi connectivity index (χ0v) is 12.2. The molecule has 19 heavy (non-hydrogen) atoms. The minimum absolute atomic E-state index is 0.0990. The van der Waals surface area contributed by atoms with Crippen molar-refractivity contribution in [2.24, 2.45) is 7.05 Å². The Kier molecular flexibility index (Phi) is 4.96. The van der Waals surface area contributed by atoms with Gasteiger partial charge in [-0.1, -0.05) is 0 Å². The summed E-state index contributed by atoms with van der Waals surface area (Å²) in [5.41, 5.74) is -0.0990. The first-order chi connectivity index (χ1) is 9.22. The highest BCUT2D eigenvalue weighted by Crippen LogP contribution is 2.30. The van der Waals surface area contributed by atoms with Gasteiger partial charge in [-0.15, -0.1) is 0 Å². The van der Waals surface area contributed by atoms with E-state index >= 15 is 0 Å². The average molecular weight is 267 g/mol. The number of likely N-dealkylation sites (N-methyl/N-ethyl adjacent to an activating group) is 1. The van der Waals surface area contributed by atoms with Crippen LogP contribution in [0.5, 0.6) is 0 Å². The van der Waals surface area contributed by atoms with Crippen LogP contribution in [0.1, 0.15) is 25.1 Å². The Bertz CT molecular complexity index is 386. The summed E-state index contributed by atoms with van der Waals surface area (Å²) in [5.74, 6) is 1.12. The van der Waals surface area contributed by atoms with E-state index in [4.69, 9.17) is 9.47 Å². The van der Waals surface area contributed by atoms with Gasteiger partial charge >= 0.3 is 0 Å². The van der Waals surface area contributed by atoms with Gasteiger partial charge in [0, 0.05) is 65.1 Å². The van der Waals surface area contributed by atoms with Crippen LogP contribution in [0.4, 0.5) is 0 Å². The number of hydrogen-bond donors (Lipinski definition) is 1. The Labute approximate surface area is 115 Å². The van der Waals surface area contributed by atoms with E-state index < -0.39 is 0 Å². The molecule has 1 aliphatic rings. The number of aryl methyl sites for hydroxylation is 2. The Morgan fingerprint density at radius 1 is 1.53 bits per heavy atom. The highest BCUT2D eigenvalue weighted by molar-refractivity contribution is 4.98. The second kappa shape index (κ2) is 6.50. The molecular weight excluding hydrogens is 242 g/mol. The third-order valence-electron chi connectivity index (χ3n) is 4.31. The Balaban J connectivity index is 2.00. The predicted octanol–water partition coefficient (Wildman–Crippen LogP) is 1.14. The highest BCUT2D eigenvalue weighted by Gasteiger charge is 2.39. The van der Waals surface area contributed by atoms with E-state index in [1.807, 2.05) is 33.6 Å². The number of nitrogens with one attached hydrogen (secondary N) is 1. The number of imidazole rings is 1. The number of methoxy groups -OCH3 is 1. The van der Waals surface area contributed by atoms with E-state index in [0.717, 1.165) is 44.7 Å². The lowest BCUT2D eigenvalue weighted by atomic mass is 9.83. The summed E-state index contributed by atoms with van der Waals surface area (Å²) in [6.07, 6.45) is 7.73. The summed E-state index contributed by atoms with van der Waals surface area (Å²) < 4.78 is 13.4. The number of nitrogens with zero attached hydrogens (tertiary/aromatic N) is 2. The van der Waals surface area contributed by atoms with Crippen molar-refractivity contribution in [3.05, 3.63) is 18.2 Å². The molecule has 0 radical (unpaired) electrons. The van der Waals surface area contributed by atoms with Gasteiger partial charge in [-0.25, -0.2) is 4.98 Å². The lowest BCUT2D eigenvalue weighted by molar-refractivity contribution is -0.110. The minimum Gasteiger partial charge on any atom is -0.381 e. The average Bonchev–Trinajstić information content (AvgIpc) is 2.86. The van der Waals surface area contributed by atoms with Gasteiger partial charge in [0.2, 0.25) is 0 Å². The SMILES string of the molecule is CNC(CCc1nccn1C)C1(OC)CCOCC1. The molecular formula is C14H25N3O2. The Morgan fingerprint density at radius 3 is 2.79 bits per heavy atom. The molecule has 0 spiro atoms. The molecule has 5 heteroatoms. The Morgan fingerprint density at radius 2 is 2.26 bits per heavy atom. The molecule has 0 amide bonds. The topological polar surface area (TPSA) is 48.3 Å². The van der Waals surface area contributed by atoms with Crippen LogP contribution in [0, 0.1) is 0 Å². The van der Waals surface area contributed by atoms with E-state index in [-0.39, 0.29) is 5.60 Å². The number of hydrogen-bond acceptors (Lipinski definition) is 4. The molecule has 1 fully saturated rings. The lowest BCUT2D eigenvalue weighted by Crippen LogP contribution is -2.54. The zero-order valence-electron chi connectivity index (χ0n) is 12.2. The summed E-state index contributed by atoms with van der Waals surface area (Å²) in [7, 11) is 5.87. The van der Waals surface area contributed by atoms with Crippen molar-refractivity contribution < 1.29 is 9.47 Å². The number of aromatic nitrogens is 2. The molecule has 0 aliphatic carbocycles. The fourth-order valence-corrected chi connectivity index (χ4v) is 2.99. The second-order valence-corrected chi connectivity index (χ2v) is 5.22. The van der Waals surface area contributed by atoms with Gasteiger partial charge < -0.3 is 19.4 Å². The molecule has 2 heterocycles. The van der Waals surface area contributed by atoms with E-state index in [2.05, 4.69) is 14.9 Å². The van der Waals surface area contributed by atoms with Crippen molar-refractivity contribution in [3.63, 3.8) is 0 Å². The lowest BCUT2D eigenvalue weighted by Gasteiger charge is -2.42. The van der Waals surface area contributed by atoms with Crippen LogP contribution in [0.15, 0.2) is 12.4 Å². The van der Waals surface area contributed by atoms with Crippen LogP contribution in [-0.2, 0) is 22.9 Å². The molecule has 1 aliphatic heterocycles. The second-order valence-electron chi connectivity index (χ2n) is 5.22. The highest BCUT2D eigenvalue weighted by atomic mass is 16.5. The molecule has 2 rings (SSSR count). The van der Waals surface area contributed by atoms with Crippen molar-refractivity contribution >= 4 is 0 Å². The molecule has 0 saturated carbocycles. The van der Waals surface area contributed by atoms with Gasteiger partial charge in [-0.05, 0) is 13.5 Å². The molecule has 1 aromatic heterocycles. The maximum Gasteiger partial charge on any atom is 0.108 e. The first-order valence-corrected chi connectivity index (χ1v) is 6.98. The smallest absolute Gasteiger partial charge is 0.108 e. The minimum atomic E-state index is -0.0990. The van der Waals surface area contributed by atoms with Crippen molar-refractivity contribution in [1.29, 1.82) is 0 Å². The summed E-state index contributed by atoms with van der Waals surface area (Å²) in [6.45, 7) is 1.57. The normalized spacial score (nSPS) is 20.4. The van der Waals surface area contributed by atoms with E-state index in [9.17, 15) is 0 Å². The van der Waals surface area contributed by atoms with Crippen LogP contribution < -0.4 is 5.32 Å². The molecule has 1 N–H and O–H groups in total. The number of rotatable bonds is 6. The maximum absolute atomic E-state index is 5.86. The monoisotopic (exact) mass is 267 g/mol.